The number of sulfonamides is 1. The SMILES string of the molecule is CS(=O)(=O)N[C@H]1CCN(C(=O)C2CC2(F)F)[C@H]1Cc1cccc(-c2ccccc2)c1. The molecule has 0 spiro atoms. The van der Waals surface area contributed by atoms with Crippen LogP contribution in [0.15, 0.2) is 54.6 Å². The number of amides is 1. The summed E-state index contributed by atoms with van der Waals surface area (Å²) in [6, 6.07) is 16.6. The van der Waals surface area contributed by atoms with Gasteiger partial charge in [0.05, 0.1) is 12.3 Å². The van der Waals surface area contributed by atoms with Gasteiger partial charge in [-0.1, -0.05) is 54.6 Å². The monoisotopic (exact) mass is 434 g/mol. The molecule has 0 bridgehead atoms. The average molecular weight is 435 g/mol. The number of benzene rings is 2. The number of hydrogen-bond acceptors (Lipinski definition) is 3. The Kier molecular flexibility index (Phi) is 5.40. The van der Waals surface area contributed by atoms with E-state index in [1.165, 1.54) is 4.90 Å². The van der Waals surface area contributed by atoms with Crippen LogP contribution >= 0.6 is 0 Å². The van der Waals surface area contributed by atoms with Crippen LogP contribution in [0, 0.1) is 5.92 Å². The Labute approximate surface area is 175 Å². The molecule has 1 saturated carbocycles. The summed E-state index contributed by atoms with van der Waals surface area (Å²) in [5.74, 6) is -4.81. The second kappa shape index (κ2) is 7.74. The molecule has 30 heavy (non-hydrogen) atoms. The summed E-state index contributed by atoms with van der Waals surface area (Å²) in [4.78, 5) is 14.1. The van der Waals surface area contributed by atoms with Crippen molar-refractivity contribution in [3.8, 4) is 11.1 Å². The molecule has 2 aromatic rings. The third kappa shape index (κ3) is 4.54. The van der Waals surface area contributed by atoms with Crippen molar-refractivity contribution in [2.24, 2.45) is 5.92 Å². The number of nitrogens with zero attached hydrogens (tertiary/aromatic N) is 1. The molecule has 5 nitrogen and oxygen atoms in total. The summed E-state index contributed by atoms with van der Waals surface area (Å²) in [5, 5.41) is 0. The van der Waals surface area contributed by atoms with Crippen molar-refractivity contribution in [3.63, 3.8) is 0 Å². The van der Waals surface area contributed by atoms with E-state index in [1.54, 1.807) is 0 Å². The van der Waals surface area contributed by atoms with Gasteiger partial charge in [0.2, 0.25) is 15.9 Å². The van der Waals surface area contributed by atoms with Gasteiger partial charge in [0, 0.05) is 19.0 Å². The maximum atomic E-state index is 13.5. The van der Waals surface area contributed by atoms with Crippen molar-refractivity contribution >= 4 is 15.9 Å². The van der Waals surface area contributed by atoms with Gasteiger partial charge in [-0.2, -0.15) is 0 Å². The van der Waals surface area contributed by atoms with Gasteiger partial charge in [-0.05, 0) is 29.5 Å². The molecule has 2 fully saturated rings. The van der Waals surface area contributed by atoms with E-state index < -0.39 is 46.3 Å². The molecule has 1 aliphatic heterocycles. The molecular formula is C22H24F2N2O3S. The van der Waals surface area contributed by atoms with Crippen LogP contribution in [-0.2, 0) is 21.2 Å². The van der Waals surface area contributed by atoms with E-state index in [1.807, 2.05) is 54.6 Å². The lowest BCUT2D eigenvalue weighted by Gasteiger charge is -2.29. The molecule has 1 heterocycles. The quantitative estimate of drug-likeness (QED) is 0.760. The predicted molar refractivity (Wildman–Crippen MR) is 111 cm³/mol. The molecule has 4 rings (SSSR count). The minimum absolute atomic E-state index is 0.266. The minimum Gasteiger partial charge on any atom is -0.337 e. The number of nitrogens with one attached hydrogen (secondary N) is 1. The standard InChI is InChI=1S/C22H24F2N2O3S/c1-30(28,29)25-19-10-11-26(21(27)18-14-22(18,23)24)20(19)13-15-6-5-9-17(12-15)16-7-3-2-4-8-16/h2-9,12,18-20,25H,10-11,13-14H2,1H3/t18?,19-,20-/m0/s1. The van der Waals surface area contributed by atoms with Crippen molar-refractivity contribution in [1.29, 1.82) is 0 Å². The van der Waals surface area contributed by atoms with Crippen LogP contribution in [-0.4, -0.2) is 50.0 Å². The number of alkyl halides is 2. The highest BCUT2D eigenvalue weighted by Gasteiger charge is 2.63. The topological polar surface area (TPSA) is 66.5 Å². The molecule has 1 unspecified atom stereocenters. The summed E-state index contributed by atoms with van der Waals surface area (Å²) >= 11 is 0. The molecule has 1 N–H and O–H groups in total. The maximum Gasteiger partial charge on any atom is 0.260 e. The molecule has 1 saturated heterocycles. The summed E-state index contributed by atoms with van der Waals surface area (Å²) in [6.45, 7) is 0.266. The summed E-state index contributed by atoms with van der Waals surface area (Å²) in [5.41, 5.74) is 2.97. The fraction of sp³-hybridized carbons (Fsp3) is 0.409. The van der Waals surface area contributed by atoms with Crippen molar-refractivity contribution in [2.75, 3.05) is 12.8 Å². The Hall–Kier alpha value is -2.32. The fourth-order valence-corrected chi connectivity index (χ4v) is 5.05. The zero-order chi connectivity index (χ0) is 21.5. The summed E-state index contributed by atoms with van der Waals surface area (Å²) in [6.07, 6.45) is 1.43. The predicted octanol–water partition coefficient (Wildman–Crippen LogP) is 3.07. The van der Waals surface area contributed by atoms with Crippen LogP contribution in [0.2, 0.25) is 0 Å². The zero-order valence-corrected chi connectivity index (χ0v) is 17.4. The first-order valence-electron chi connectivity index (χ1n) is 9.94. The number of halogens is 2. The van der Waals surface area contributed by atoms with Gasteiger partial charge in [0.1, 0.15) is 5.92 Å². The van der Waals surface area contributed by atoms with Crippen LogP contribution in [0.5, 0.6) is 0 Å². The largest absolute Gasteiger partial charge is 0.337 e. The first kappa shape index (κ1) is 20.9. The molecule has 160 valence electrons. The number of carbonyl (C=O) groups is 1. The smallest absolute Gasteiger partial charge is 0.260 e. The molecular weight excluding hydrogens is 410 g/mol. The molecule has 2 aromatic carbocycles. The highest BCUT2D eigenvalue weighted by Crippen LogP contribution is 2.50. The van der Waals surface area contributed by atoms with Gasteiger partial charge in [0.25, 0.3) is 5.92 Å². The molecule has 1 amide bonds. The van der Waals surface area contributed by atoms with Gasteiger partial charge in [0.15, 0.2) is 0 Å². The molecule has 0 radical (unpaired) electrons. The van der Waals surface area contributed by atoms with Crippen molar-refractivity contribution in [2.45, 2.75) is 37.3 Å². The molecule has 0 aromatic heterocycles. The van der Waals surface area contributed by atoms with E-state index in [9.17, 15) is 22.0 Å². The Balaban J connectivity index is 1.59. The summed E-state index contributed by atoms with van der Waals surface area (Å²) in [7, 11) is -3.50. The van der Waals surface area contributed by atoms with Gasteiger partial charge >= 0.3 is 0 Å². The van der Waals surface area contributed by atoms with Crippen LogP contribution in [0.25, 0.3) is 11.1 Å². The van der Waals surface area contributed by atoms with Gasteiger partial charge in [-0.15, -0.1) is 0 Å². The number of hydrogen-bond donors (Lipinski definition) is 1. The van der Waals surface area contributed by atoms with E-state index in [0.717, 1.165) is 22.9 Å². The second-order valence-electron chi connectivity index (χ2n) is 8.17. The molecule has 8 heteroatoms. The normalized spacial score (nSPS) is 25.3. The second-order valence-corrected chi connectivity index (χ2v) is 9.95. The van der Waals surface area contributed by atoms with Gasteiger partial charge < -0.3 is 4.90 Å². The summed E-state index contributed by atoms with van der Waals surface area (Å²) < 4.78 is 53.2. The lowest BCUT2D eigenvalue weighted by Crippen LogP contribution is -2.48. The Morgan fingerprint density at radius 3 is 2.43 bits per heavy atom. The van der Waals surface area contributed by atoms with Crippen LogP contribution in [0.1, 0.15) is 18.4 Å². The zero-order valence-electron chi connectivity index (χ0n) is 16.6. The highest BCUT2D eigenvalue weighted by atomic mass is 32.2. The average Bonchev–Trinajstić information content (AvgIpc) is 3.18. The van der Waals surface area contributed by atoms with Crippen LogP contribution < -0.4 is 4.72 Å². The number of likely N-dealkylation sites (tertiary alicyclic amines) is 1. The first-order valence-corrected chi connectivity index (χ1v) is 11.8. The van der Waals surface area contributed by atoms with Crippen molar-refractivity contribution < 1.29 is 22.0 Å². The maximum absolute atomic E-state index is 13.5. The van der Waals surface area contributed by atoms with Gasteiger partial charge in [-0.25, -0.2) is 21.9 Å². The van der Waals surface area contributed by atoms with Gasteiger partial charge in [-0.3, -0.25) is 4.79 Å². The Morgan fingerprint density at radius 1 is 1.13 bits per heavy atom. The van der Waals surface area contributed by atoms with E-state index in [4.69, 9.17) is 0 Å². The van der Waals surface area contributed by atoms with E-state index in [0.29, 0.717) is 12.8 Å². The van der Waals surface area contributed by atoms with E-state index in [2.05, 4.69) is 4.72 Å². The number of rotatable bonds is 6. The van der Waals surface area contributed by atoms with Crippen molar-refractivity contribution in [3.05, 3.63) is 60.2 Å². The van der Waals surface area contributed by atoms with Crippen molar-refractivity contribution in [1.82, 2.24) is 9.62 Å². The van der Waals surface area contributed by atoms with E-state index >= 15 is 0 Å². The fourth-order valence-electron chi connectivity index (χ4n) is 4.22. The molecule has 3 atom stereocenters. The van der Waals surface area contributed by atoms with Crippen LogP contribution in [0.4, 0.5) is 8.78 Å². The van der Waals surface area contributed by atoms with E-state index in [-0.39, 0.29) is 6.54 Å². The molecule has 1 aliphatic carbocycles. The minimum atomic E-state index is -3.50. The third-order valence-corrected chi connectivity index (χ3v) is 6.53. The Bertz CT molecular complexity index is 1040. The number of carbonyl (C=O) groups excluding carboxylic acids is 1. The Morgan fingerprint density at radius 2 is 1.80 bits per heavy atom. The first-order chi connectivity index (χ1) is 14.1. The lowest BCUT2D eigenvalue weighted by atomic mass is 9.97. The lowest BCUT2D eigenvalue weighted by molar-refractivity contribution is -0.135. The van der Waals surface area contributed by atoms with Crippen LogP contribution in [0.3, 0.4) is 0 Å². The highest BCUT2D eigenvalue weighted by molar-refractivity contribution is 7.88. The molecule has 2 aliphatic rings. The third-order valence-electron chi connectivity index (χ3n) is 5.80.